The molecule has 0 spiro atoms. The molecule has 2 aromatic carbocycles. The van der Waals surface area contributed by atoms with E-state index in [-0.39, 0.29) is 5.78 Å². The first kappa shape index (κ1) is 14.0. The van der Waals surface area contributed by atoms with Gasteiger partial charge in [0.2, 0.25) is 5.78 Å². The van der Waals surface area contributed by atoms with Gasteiger partial charge < -0.3 is 0 Å². The van der Waals surface area contributed by atoms with Crippen LogP contribution in [0.1, 0.15) is 37.5 Å². The molecule has 0 amide bonds. The van der Waals surface area contributed by atoms with E-state index in [0.29, 0.717) is 0 Å². The summed E-state index contributed by atoms with van der Waals surface area (Å²) in [6, 6.07) is 12.3. The van der Waals surface area contributed by atoms with Crippen molar-refractivity contribution in [1.29, 1.82) is 0 Å². The van der Waals surface area contributed by atoms with Gasteiger partial charge in [0.15, 0.2) is 0 Å². The van der Waals surface area contributed by atoms with Crippen molar-refractivity contribution in [2.45, 2.75) is 27.7 Å². The summed E-state index contributed by atoms with van der Waals surface area (Å²) < 4.78 is 1.17. The van der Waals surface area contributed by atoms with Gasteiger partial charge in [-0.3, -0.25) is 4.79 Å². The lowest BCUT2D eigenvalue weighted by atomic mass is 9.91. The minimum absolute atomic E-state index is 0.151. The van der Waals surface area contributed by atoms with E-state index in [1.807, 2.05) is 32.0 Å². The van der Waals surface area contributed by atoms with Crippen molar-refractivity contribution in [1.82, 2.24) is 0 Å². The van der Waals surface area contributed by atoms with Gasteiger partial charge in [0.05, 0.1) is 4.88 Å². The molecule has 1 heterocycles. The molecule has 2 heteroatoms. The van der Waals surface area contributed by atoms with E-state index < -0.39 is 0 Å². The van der Waals surface area contributed by atoms with Crippen LogP contribution in [0.3, 0.4) is 0 Å². The zero-order chi connectivity index (χ0) is 15.1. The van der Waals surface area contributed by atoms with Crippen molar-refractivity contribution >= 4 is 27.2 Å². The topological polar surface area (TPSA) is 17.1 Å². The summed E-state index contributed by atoms with van der Waals surface area (Å²) in [4.78, 5) is 13.8. The maximum Gasteiger partial charge on any atom is 0.203 e. The Morgan fingerprint density at radius 3 is 2.14 bits per heavy atom. The first-order valence-electron chi connectivity index (χ1n) is 7.09. The quantitative estimate of drug-likeness (QED) is 0.581. The zero-order valence-electron chi connectivity index (χ0n) is 12.8. The molecule has 0 unspecified atom stereocenters. The Morgan fingerprint density at radius 2 is 1.52 bits per heavy atom. The number of thiophene rings is 1. The molecule has 3 rings (SSSR count). The molecular weight excluding hydrogens is 276 g/mol. The fraction of sp³-hybridized carbons (Fsp3) is 0.211. The van der Waals surface area contributed by atoms with E-state index in [0.717, 1.165) is 27.0 Å². The van der Waals surface area contributed by atoms with Crippen molar-refractivity contribution in [2.24, 2.45) is 0 Å². The van der Waals surface area contributed by atoms with Crippen LogP contribution < -0.4 is 0 Å². The summed E-state index contributed by atoms with van der Waals surface area (Å²) >= 11 is 1.58. The van der Waals surface area contributed by atoms with Crippen molar-refractivity contribution in [3.8, 4) is 0 Å². The maximum atomic E-state index is 13.0. The van der Waals surface area contributed by atoms with Crippen LogP contribution in [-0.2, 0) is 0 Å². The van der Waals surface area contributed by atoms with Gasteiger partial charge in [0, 0.05) is 10.3 Å². The lowest BCUT2D eigenvalue weighted by molar-refractivity contribution is 0.104. The number of benzene rings is 2. The molecule has 0 radical (unpaired) electrons. The lowest BCUT2D eigenvalue weighted by Gasteiger charge is -2.13. The van der Waals surface area contributed by atoms with E-state index >= 15 is 0 Å². The Kier molecular flexibility index (Phi) is 3.42. The van der Waals surface area contributed by atoms with Crippen molar-refractivity contribution < 1.29 is 4.79 Å². The number of carbonyl (C=O) groups is 1. The average Bonchev–Trinajstić information content (AvgIpc) is 2.89. The molecule has 0 aliphatic rings. The molecular formula is C19H18OS. The van der Waals surface area contributed by atoms with Gasteiger partial charge in [-0.25, -0.2) is 0 Å². The molecule has 106 valence electrons. The highest BCUT2D eigenvalue weighted by Crippen LogP contribution is 2.30. The SMILES string of the molecule is Cc1cc(C)c(C)c(C(=O)c2cc3ccccc3s2)c1C. The lowest BCUT2D eigenvalue weighted by Crippen LogP contribution is -2.07. The fourth-order valence-electron chi connectivity index (χ4n) is 2.77. The summed E-state index contributed by atoms with van der Waals surface area (Å²) in [6.07, 6.45) is 0. The van der Waals surface area contributed by atoms with Gasteiger partial charge in [-0.05, 0) is 67.5 Å². The second-order valence-electron chi connectivity index (χ2n) is 5.61. The Morgan fingerprint density at radius 1 is 0.905 bits per heavy atom. The molecule has 0 bridgehead atoms. The summed E-state index contributed by atoms with van der Waals surface area (Å²) in [7, 11) is 0. The van der Waals surface area contributed by atoms with Crippen LogP contribution in [0.25, 0.3) is 10.1 Å². The third kappa shape index (κ3) is 2.30. The van der Waals surface area contributed by atoms with E-state index in [4.69, 9.17) is 0 Å². The number of aryl methyl sites for hydroxylation is 2. The van der Waals surface area contributed by atoms with E-state index in [1.54, 1.807) is 11.3 Å². The predicted molar refractivity (Wildman–Crippen MR) is 90.6 cm³/mol. The molecule has 3 aromatic rings. The van der Waals surface area contributed by atoms with Gasteiger partial charge in [0.25, 0.3) is 0 Å². The standard InChI is InChI=1S/C19H18OS/c1-11-9-12(2)14(4)18(13(11)3)19(20)17-10-15-7-5-6-8-16(15)21-17/h5-10H,1-4H3. The monoisotopic (exact) mass is 294 g/mol. The molecule has 0 N–H and O–H groups in total. The van der Waals surface area contributed by atoms with Gasteiger partial charge in [-0.2, -0.15) is 0 Å². The number of ketones is 1. The number of rotatable bonds is 2. The highest BCUT2D eigenvalue weighted by Gasteiger charge is 2.19. The number of carbonyl (C=O) groups excluding carboxylic acids is 1. The molecule has 0 aliphatic heterocycles. The molecule has 0 fully saturated rings. The van der Waals surface area contributed by atoms with Crippen LogP contribution in [-0.4, -0.2) is 5.78 Å². The number of fused-ring (bicyclic) bond motifs is 1. The van der Waals surface area contributed by atoms with Gasteiger partial charge >= 0.3 is 0 Å². The summed E-state index contributed by atoms with van der Waals surface area (Å²) in [5, 5.41) is 1.14. The normalized spacial score (nSPS) is 11.0. The number of hydrogen-bond acceptors (Lipinski definition) is 2. The van der Waals surface area contributed by atoms with Crippen LogP contribution in [0.5, 0.6) is 0 Å². The van der Waals surface area contributed by atoms with Crippen LogP contribution in [0.2, 0.25) is 0 Å². The van der Waals surface area contributed by atoms with Crippen LogP contribution in [0, 0.1) is 27.7 Å². The Hall–Kier alpha value is -1.93. The Balaban J connectivity index is 2.18. The predicted octanol–water partition coefficient (Wildman–Crippen LogP) is 5.37. The van der Waals surface area contributed by atoms with Crippen LogP contribution >= 0.6 is 11.3 Å². The van der Waals surface area contributed by atoms with E-state index in [1.165, 1.54) is 15.8 Å². The summed E-state index contributed by atoms with van der Waals surface area (Å²) in [5.41, 5.74) is 5.44. The van der Waals surface area contributed by atoms with Crippen LogP contribution in [0.15, 0.2) is 36.4 Å². The molecule has 0 atom stereocenters. The second-order valence-corrected chi connectivity index (χ2v) is 6.70. The molecule has 0 saturated heterocycles. The van der Waals surface area contributed by atoms with Crippen LogP contribution in [0.4, 0.5) is 0 Å². The van der Waals surface area contributed by atoms with Gasteiger partial charge in [-0.1, -0.05) is 24.3 Å². The first-order valence-corrected chi connectivity index (χ1v) is 7.91. The van der Waals surface area contributed by atoms with E-state index in [2.05, 4.69) is 32.0 Å². The average molecular weight is 294 g/mol. The number of hydrogen-bond donors (Lipinski definition) is 0. The summed E-state index contributed by atoms with van der Waals surface area (Å²) in [5.74, 6) is 0.151. The Bertz CT molecular complexity index is 796. The molecule has 1 nitrogen and oxygen atoms in total. The van der Waals surface area contributed by atoms with Crippen molar-refractivity contribution in [3.63, 3.8) is 0 Å². The third-order valence-corrected chi connectivity index (χ3v) is 5.36. The van der Waals surface area contributed by atoms with Crippen molar-refractivity contribution in [2.75, 3.05) is 0 Å². The highest BCUT2D eigenvalue weighted by molar-refractivity contribution is 7.21. The first-order chi connectivity index (χ1) is 9.99. The third-order valence-electron chi connectivity index (χ3n) is 4.24. The summed E-state index contributed by atoms with van der Waals surface area (Å²) in [6.45, 7) is 8.23. The molecule has 21 heavy (non-hydrogen) atoms. The maximum absolute atomic E-state index is 13.0. The molecule has 1 aromatic heterocycles. The van der Waals surface area contributed by atoms with E-state index in [9.17, 15) is 4.79 Å². The van der Waals surface area contributed by atoms with Crippen molar-refractivity contribution in [3.05, 3.63) is 69.1 Å². The smallest absolute Gasteiger partial charge is 0.203 e. The second kappa shape index (κ2) is 5.12. The fourth-order valence-corrected chi connectivity index (χ4v) is 3.78. The van der Waals surface area contributed by atoms with Gasteiger partial charge in [0.1, 0.15) is 0 Å². The molecule has 0 aliphatic carbocycles. The minimum Gasteiger partial charge on any atom is -0.288 e. The Labute approximate surface area is 129 Å². The molecule has 0 saturated carbocycles. The minimum atomic E-state index is 0.151. The highest BCUT2D eigenvalue weighted by atomic mass is 32.1. The zero-order valence-corrected chi connectivity index (χ0v) is 13.6. The van der Waals surface area contributed by atoms with Gasteiger partial charge in [-0.15, -0.1) is 11.3 Å². The largest absolute Gasteiger partial charge is 0.288 e.